The molecule has 1 aromatic heterocycles. The highest BCUT2D eigenvalue weighted by atomic mass is 16.5. The Labute approximate surface area is 188 Å². The van der Waals surface area contributed by atoms with E-state index in [2.05, 4.69) is 39.8 Å². The van der Waals surface area contributed by atoms with Crippen molar-refractivity contribution >= 4 is 18.0 Å². The Kier molecular flexibility index (Phi) is 6.36. The van der Waals surface area contributed by atoms with Gasteiger partial charge in [-0.25, -0.2) is 9.59 Å². The molecule has 1 heterocycles. The van der Waals surface area contributed by atoms with E-state index >= 15 is 0 Å². The zero-order valence-corrected chi connectivity index (χ0v) is 17.3. The molecular formula is C24H19N3O6. The van der Waals surface area contributed by atoms with Gasteiger partial charge in [0.25, 0.3) is 5.91 Å². The molecule has 2 amide bonds. The summed E-state index contributed by atoms with van der Waals surface area (Å²) in [4.78, 5) is 34.5. The largest absolute Gasteiger partial charge is 0.476 e. The van der Waals surface area contributed by atoms with Crippen molar-refractivity contribution in [3.63, 3.8) is 0 Å². The standard InChI is InChI=1S/C24H19N3O6/c28-22(26-13-15-12-21(23(29)30)27-33-15)10-5-11-25-24(31)32-14-20-18-8-3-1-6-16(18)17-7-2-4-9-19(17)20/h1-4,6-9,12,20H,11,13-14H2,(H,25,31)(H,26,28)(H,29,30). The molecule has 0 radical (unpaired) electrons. The summed E-state index contributed by atoms with van der Waals surface area (Å²) in [5.41, 5.74) is 4.26. The van der Waals surface area contributed by atoms with Crippen molar-refractivity contribution in [3.8, 4) is 23.0 Å². The number of aromatic nitrogens is 1. The van der Waals surface area contributed by atoms with E-state index in [0.717, 1.165) is 22.3 Å². The van der Waals surface area contributed by atoms with Crippen molar-refractivity contribution in [1.29, 1.82) is 0 Å². The highest BCUT2D eigenvalue weighted by molar-refractivity contribution is 5.93. The Morgan fingerprint density at radius 1 is 1.03 bits per heavy atom. The minimum Gasteiger partial charge on any atom is -0.476 e. The molecule has 9 heteroatoms. The van der Waals surface area contributed by atoms with E-state index in [1.54, 1.807) is 0 Å². The highest BCUT2D eigenvalue weighted by Crippen LogP contribution is 2.44. The number of amides is 2. The third-order valence-corrected chi connectivity index (χ3v) is 5.07. The Morgan fingerprint density at radius 3 is 2.33 bits per heavy atom. The fourth-order valence-electron chi connectivity index (χ4n) is 3.60. The van der Waals surface area contributed by atoms with Gasteiger partial charge in [0.2, 0.25) is 0 Å². The summed E-state index contributed by atoms with van der Waals surface area (Å²) in [5.74, 6) is 3.13. The molecule has 0 atom stereocenters. The number of nitrogens with one attached hydrogen (secondary N) is 2. The minimum absolute atomic E-state index is 0.0438. The van der Waals surface area contributed by atoms with E-state index in [1.807, 2.05) is 36.4 Å². The molecule has 0 saturated heterocycles. The van der Waals surface area contributed by atoms with Crippen LogP contribution in [0.25, 0.3) is 11.1 Å². The van der Waals surface area contributed by atoms with Gasteiger partial charge in [-0.2, -0.15) is 0 Å². The maximum atomic E-state index is 12.1. The number of carboxylic acids is 1. The van der Waals surface area contributed by atoms with Crippen LogP contribution in [0.1, 0.15) is 33.3 Å². The number of nitrogens with zero attached hydrogens (tertiary/aromatic N) is 1. The van der Waals surface area contributed by atoms with E-state index in [4.69, 9.17) is 14.4 Å². The fourth-order valence-corrected chi connectivity index (χ4v) is 3.60. The molecule has 9 nitrogen and oxygen atoms in total. The third kappa shape index (κ3) is 5.02. The lowest BCUT2D eigenvalue weighted by atomic mass is 9.98. The molecule has 0 unspecified atom stereocenters. The van der Waals surface area contributed by atoms with E-state index in [9.17, 15) is 14.4 Å². The summed E-state index contributed by atoms with van der Waals surface area (Å²) in [6.45, 7) is 0.0481. The maximum Gasteiger partial charge on any atom is 0.407 e. The Hall–Kier alpha value is -4.58. The lowest BCUT2D eigenvalue weighted by Crippen LogP contribution is -2.27. The van der Waals surface area contributed by atoms with Crippen LogP contribution in [-0.2, 0) is 16.1 Å². The number of fused-ring (bicyclic) bond motifs is 3. The van der Waals surface area contributed by atoms with Gasteiger partial charge in [0.1, 0.15) is 6.61 Å². The van der Waals surface area contributed by atoms with Crippen molar-refractivity contribution in [3.05, 3.63) is 77.2 Å². The molecule has 0 saturated carbocycles. The second kappa shape index (κ2) is 9.70. The number of ether oxygens (including phenoxy) is 1. The van der Waals surface area contributed by atoms with Crippen molar-refractivity contribution in [2.24, 2.45) is 0 Å². The lowest BCUT2D eigenvalue weighted by molar-refractivity contribution is -0.115. The van der Waals surface area contributed by atoms with Crippen LogP contribution in [0, 0.1) is 11.8 Å². The zero-order valence-electron chi connectivity index (χ0n) is 17.3. The molecule has 166 valence electrons. The van der Waals surface area contributed by atoms with E-state index in [1.165, 1.54) is 6.07 Å². The lowest BCUT2D eigenvalue weighted by Gasteiger charge is -2.14. The molecule has 0 bridgehead atoms. The minimum atomic E-state index is -1.23. The number of carbonyl (C=O) groups is 3. The average molecular weight is 445 g/mol. The smallest absolute Gasteiger partial charge is 0.407 e. The third-order valence-electron chi connectivity index (χ3n) is 5.07. The monoisotopic (exact) mass is 445 g/mol. The van der Waals surface area contributed by atoms with Crippen LogP contribution < -0.4 is 10.6 Å². The van der Waals surface area contributed by atoms with Crippen LogP contribution in [0.5, 0.6) is 0 Å². The SMILES string of the molecule is O=C(C#CCNC(=O)OCC1c2ccccc2-c2ccccc21)NCc1cc(C(=O)O)no1. The van der Waals surface area contributed by atoms with Crippen LogP contribution in [-0.4, -0.2) is 41.4 Å². The summed E-state index contributed by atoms with van der Waals surface area (Å²) in [5, 5.41) is 17.0. The van der Waals surface area contributed by atoms with Gasteiger partial charge in [0.15, 0.2) is 11.5 Å². The predicted octanol–water partition coefficient (Wildman–Crippen LogP) is 2.53. The Bertz CT molecular complexity index is 1220. The first kappa shape index (κ1) is 21.6. The number of hydrogen-bond donors (Lipinski definition) is 3. The van der Waals surface area contributed by atoms with Gasteiger partial charge in [-0.15, -0.1) is 0 Å². The van der Waals surface area contributed by atoms with Crippen molar-refractivity contribution < 1.29 is 28.8 Å². The highest BCUT2D eigenvalue weighted by Gasteiger charge is 2.28. The molecule has 33 heavy (non-hydrogen) atoms. The number of aromatic carboxylic acids is 1. The van der Waals surface area contributed by atoms with Gasteiger partial charge in [0, 0.05) is 12.0 Å². The Balaban J connectivity index is 1.22. The number of carbonyl (C=O) groups excluding carboxylic acids is 2. The fraction of sp³-hybridized carbons (Fsp3) is 0.167. The number of rotatable bonds is 6. The van der Waals surface area contributed by atoms with Gasteiger partial charge in [-0.3, -0.25) is 4.79 Å². The van der Waals surface area contributed by atoms with Crippen LogP contribution >= 0.6 is 0 Å². The van der Waals surface area contributed by atoms with Crippen LogP contribution in [0.15, 0.2) is 59.1 Å². The van der Waals surface area contributed by atoms with E-state index in [-0.39, 0.29) is 37.1 Å². The van der Waals surface area contributed by atoms with Gasteiger partial charge in [-0.1, -0.05) is 59.6 Å². The summed E-state index contributed by atoms with van der Waals surface area (Å²) in [6.07, 6.45) is -0.630. The summed E-state index contributed by atoms with van der Waals surface area (Å²) >= 11 is 0. The molecule has 1 aliphatic rings. The first-order valence-corrected chi connectivity index (χ1v) is 10.1. The quantitative estimate of drug-likeness (QED) is 0.497. The molecule has 3 aromatic rings. The average Bonchev–Trinajstić information content (AvgIpc) is 3.42. The number of alkyl carbamates (subject to hydrolysis) is 1. The molecule has 4 rings (SSSR count). The van der Waals surface area contributed by atoms with Crippen LogP contribution in [0.4, 0.5) is 4.79 Å². The normalized spacial score (nSPS) is 11.5. The van der Waals surface area contributed by atoms with Gasteiger partial charge in [-0.05, 0) is 28.2 Å². The first-order chi connectivity index (χ1) is 16.0. The van der Waals surface area contributed by atoms with Crippen molar-refractivity contribution in [2.75, 3.05) is 13.2 Å². The summed E-state index contributed by atoms with van der Waals surface area (Å²) in [6, 6.07) is 17.3. The Morgan fingerprint density at radius 2 is 1.70 bits per heavy atom. The maximum absolute atomic E-state index is 12.1. The van der Waals surface area contributed by atoms with Crippen LogP contribution in [0.2, 0.25) is 0 Å². The molecule has 2 aromatic carbocycles. The van der Waals surface area contributed by atoms with Gasteiger partial charge in [0.05, 0.1) is 13.1 Å². The van der Waals surface area contributed by atoms with Gasteiger partial charge >= 0.3 is 12.1 Å². The number of benzene rings is 2. The molecule has 3 N–H and O–H groups in total. The zero-order chi connectivity index (χ0) is 23.2. The molecular weight excluding hydrogens is 426 g/mol. The second-order valence-electron chi connectivity index (χ2n) is 7.15. The second-order valence-corrected chi connectivity index (χ2v) is 7.15. The molecule has 0 spiro atoms. The molecule has 0 aliphatic heterocycles. The number of carboxylic acid groups (broad SMARTS) is 1. The molecule has 1 aliphatic carbocycles. The molecule has 0 fully saturated rings. The predicted molar refractivity (Wildman–Crippen MR) is 116 cm³/mol. The topological polar surface area (TPSA) is 131 Å². The van der Waals surface area contributed by atoms with Crippen molar-refractivity contribution in [2.45, 2.75) is 12.5 Å². The number of hydrogen-bond acceptors (Lipinski definition) is 6. The summed E-state index contributed by atoms with van der Waals surface area (Å²) in [7, 11) is 0. The van der Waals surface area contributed by atoms with E-state index in [0.29, 0.717) is 0 Å². The van der Waals surface area contributed by atoms with Crippen molar-refractivity contribution in [1.82, 2.24) is 15.8 Å². The van der Waals surface area contributed by atoms with Crippen LogP contribution in [0.3, 0.4) is 0 Å². The van der Waals surface area contributed by atoms with E-state index < -0.39 is 18.0 Å². The van der Waals surface area contributed by atoms with Gasteiger partial charge < -0.3 is 25.0 Å². The first-order valence-electron chi connectivity index (χ1n) is 10.1. The summed E-state index contributed by atoms with van der Waals surface area (Å²) < 4.78 is 10.2.